The molecule has 0 radical (unpaired) electrons. The quantitative estimate of drug-likeness (QED) is 0.427. The second-order valence-corrected chi connectivity index (χ2v) is 5.08. The number of alkyl halides is 3. The number of benzene rings is 2. The van der Waals surface area contributed by atoms with Crippen LogP contribution in [0.25, 0.3) is 21.8 Å². The monoisotopic (exact) mass is 326 g/mol. The molecule has 0 amide bonds. The zero-order chi connectivity index (χ0) is 17.0. The number of hydrogen-bond acceptors (Lipinski definition) is 2. The molecule has 2 heterocycles. The minimum Gasteiger partial charge on any atom is -0.256 e. The van der Waals surface area contributed by atoms with Crippen molar-refractivity contribution in [2.75, 3.05) is 0 Å². The number of halogens is 3. The standard InChI is InChI=1S/C10H6F3N.C9H7N/c11-10(12,13)9-6-5-7-3-1-2-4-8(7)14-9;1-2-6-9-8(4-1)5-3-7-10-9/h1-6H;1-7H. The highest BCUT2D eigenvalue weighted by atomic mass is 19.4. The van der Waals surface area contributed by atoms with E-state index in [0.29, 0.717) is 10.9 Å². The highest BCUT2D eigenvalue weighted by Crippen LogP contribution is 2.28. The maximum atomic E-state index is 12.3. The molecule has 4 rings (SSSR count). The van der Waals surface area contributed by atoms with Crippen LogP contribution in [-0.2, 0) is 6.18 Å². The van der Waals surface area contributed by atoms with E-state index in [1.54, 1.807) is 24.3 Å². The Bertz CT molecular complexity index is 899. The zero-order valence-electron chi connectivity index (χ0n) is 12.5. The largest absolute Gasteiger partial charge is 0.433 e. The Balaban J connectivity index is 0.000000149. The van der Waals surface area contributed by atoms with E-state index in [4.69, 9.17) is 0 Å². The smallest absolute Gasteiger partial charge is 0.256 e. The summed E-state index contributed by atoms with van der Waals surface area (Å²) in [6.07, 6.45) is -2.56. The molecular weight excluding hydrogens is 313 g/mol. The van der Waals surface area contributed by atoms with Crippen LogP contribution in [0.2, 0.25) is 0 Å². The maximum absolute atomic E-state index is 12.3. The van der Waals surface area contributed by atoms with Crippen LogP contribution in [-0.4, -0.2) is 9.97 Å². The van der Waals surface area contributed by atoms with Crippen molar-refractivity contribution in [3.05, 3.63) is 84.7 Å². The minimum atomic E-state index is -4.37. The molecule has 0 aliphatic carbocycles. The van der Waals surface area contributed by atoms with Gasteiger partial charge in [-0.1, -0.05) is 48.5 Å². The number of hydrogen-bond donors (Lipinski definition) is 0. The molecule has 0 bridgehead atoms. The van der Waals surface area contributed by atoms with Crippen molar-refractivity contribution in [3.63, 3.8) is 0 Å². The van der Waals surface area contributed by atoms with Gasteiger partial charge in [-0.15, -0.1) is 0 Å². The summed E-state index contributed by atoms with van der Waals surface area (Å²) in [5, 5.41) is 1.91. The van der Waals surface area contributed by atoms with Crippen molar-refractivity contribution >= 4 is 21.8 Å². The molecular formula is C19H13F3N2. The Hall–Kier alpha value is -2.95. The fraction of sp³-hybridized carbons (Fsp3) is 0.0526. The third kappa shape index (κ3) is 3.68. The zero-order valence-corrected chi connectivity index (χ0v) is 12.5. The summed E-state index contributed by atoms with van der Waals surface area (Å²) in [4.78, 5) is 7.70. The van der Waals surface area contributed by atoms with Gasteiger partial charge in [0.1, 0.15) is 5.69 Å². The summed E-state index contributed by atoms with van der Waals surface area (Å²) in [6, 6.07) is 21.2. The van der Waals surface area contributed by atoms with Crippen LogP contribution in [0, 0.1) is 0 Å². The summed E-state index contributed by atoms with van der Waals surface area (Å²) in [6.45, 7) is 0. The number of nitrogens with zero attached hydrogens (tertiary/aromatic N) is 2. The normalized spacial score (nSPS) is 11.1. The van der Waals surface area contributed by atoms with E-state index < -0.39 is 11.9 Å². The summed E-state index contributed by atoms with van der Waals surface area (Å²) in [7, 11) is 0. The first-order chi connectivity index (χ1) is 11.5. The van der Waals surface area contributed by atoms with E-state index in [2.05, 4.69) is 22.1 Å². The molecule has 120 valence electrons. The number of rotatable bonds is 0. The number of pyridine rings is 2. The van der Waals surface area contributed by atoms with E-state index in [9.17, 15) is 13.2 Å². The third-order valence-corrected chi connectivity index (χ3v) is 3.40. The van der Waals surface area contributed by atoms with Gasteiger partial charge in [-0.05, 0) is 24.3 Å². The molecule has 0 spiro atoms. The Morgan fingerprint density at radius 3 is 1.88 bits per heavy atom. The molecule has 2 aromatic carbocycles. The van der Waals surface area contributed by atoms with Crippen LogP contribution in [0.15, 0.2) is 79.0 Å². The van der Waals surface area contributed by atoms with Gasteiger partial charge in [-0.2, -0.15) is 13.2 Å². The SMILES string of the molecule is FC(F)(F)c1ccc2ccccc2n1.c1ccc2ncccc2c1. The molecule has 0 unspecified atom stereocenters. The topological polar surface area (TPSA) is 25.8 Å². The highest BCUT2D eigenvalue weighted by Gasteiger charge is 2.32. The molecule has 24 heavy (non-hydrogen) atoms. The number of fused-ring (bicyclic) bond motifs is 2. The number of aromatic nitrogens is 2. The van der Waals surface area contributed by atoms with Crippen molar-refractivity contribution in [3.8, 4) is 0 Å². The van der Waals surface area contributed by atoms with Gasteiger partial charge in [0.25, 0.3) is 0 Å². The van der Waals surface area contributed by atoms with Crippen LogP contribution in [0.3, 0.4) is 0 Å². The molecule has 0 aliphatic rings. The van der Waals surface area contributed by atoms with Gasteiger partial charge in [0, 0.05) is 17.0 Å². The Labute approximate surface area is 136 Å². The first kappa shape index (κ1) is 15.9. The fourth-order valence-electron chi connectivity index (χ4n) is 2.24. The molecule has 4 aromatic rings. The van der Waals surface area contributed by atoms with E-state index in [0.717, 1.165) is 11.6 Å². The van der Waals surface area contributed by atoms with Crippen molar-refractivity contribution in [2.24, 2.45) is 0 Å². The van der Waals surface area contributed by atoms with Gasteiger partial charge in [-0.3, -0.25) is 4.98 Å². The van der Waals surface area contributed by atoms with Crippen molar-refractivity contribution in [1.29, 1.82) is 0 Å². The van der Waals surface area contributed by atoms with Crippen molar-refractivity contribution in [1.82, 2.24) is 9.97 Å². The minimum absolute atomic E-state index is 0.363. The first-order valence-electron chi connectivity index (χ1n) is 7.27. The number of para-hydroxylation sites is 2. The Morgan fingerprint density at radius 2 is 1.21 bits per heavy atom. The highest BCUT2D eigenvalue weighted by molar-refractivity contribution is 5.78. The average molecular weight is 326 g/mol. The van der Waals surface area contributed by atoms with Gasteiger partial charge < -0.3 is 0 Å². The Kier molecular flexibility index (Phi) is 4.42. The van der Waals surface area contributed by atoms with Crippen molar-refractivity contribution in [2.45, 2.75) is 6.18 Å². The lowest BCUT2D eigenvalue weighted by atomic mass is 10.2. The molecule has 0 saturated heterocycles. The van der Waals surface area contributed by atoms with Crippen molar-refractivity contribution < 1.29 is 13.2 Å². The van der Waals surface area contributed by atoms with Crippen LogP contribution < -0.4 is 0 Å². The van der Waals surface area contributed by atoms with E-state index in [1.165, 1.54) is 11.5 Å². The molecule has 2 nitrogen and oxygen atoms in total. The van der Waals surface area contributed by atoms with Crippen LogP contribution in [0.4, 0.5) is 13.2 Å². The van der Waals surface area contributed by atoms with Gasteiger partial charge >= 0.3 is 6.18 Å². The fourth-order valence-corrected chi connectivity index (χ4v) is 2.24. The van der Waals surface area contributed by atoms with Crippen LogP contribution >= 0.6 is 0 Å². The summed E-state index contributed by atoms with van der Waals surface area (Å²) >= 11 is 0. The van der Waals surface area contributed by atoms with Gasteiger partial charge in [0.05, 0.1) is 11.0 Å². The lowest BCUT2D eigenvalue weighted by Gasteiger charge is -2.05. The maximum Gasteiger partial charge on any atom is 0.433 e. The molecule has 0 atom stereocenters. The Morgan fingerprint density at radius 1 is 0.625 bits per heavy atom. The summed E-state index contributed by atoms with van der Waals surface area (Å²) in [5.74, 6) is 0. The van der Waals surface area contributed by atoms with Gasteiger partial charge in [0.15, 0.2) is 0 Å². The third-order valence-electron chi connectivity index (χ3n) is 3.40. The van der Waals surface area contributed by atoms with Gasteiger partial charge in [-0.25, -0.2) is 4.98 Å². The second-order valence-electron chi connectivity index (χ2n) is 5.08. The predicted molar refractivity (Wildman–Crippen MR) is 88.5 cm³/mol. The second kappa shape index (κ2) is 6.66. The molecule has 0 aliphatic heterocycles. The molecule has 0 N–H and O–H groups in total. The molecule has 2 aromatic heterocycles. The average Bonchev–Trinajstić information content (AvgIpc) is 2.61. The van der Waals surface area contributed by atoms with Crippen LogP contribution in [0.5, 0.6) is 0 Å². The lowest BCUT2D eigenvalue weighted by molar-refractivity contribution is -0.140. The predicted octanol–water partition coefficient (Wildman–Crippen LogP) is 5.49. The van der Waals surface area contributed by atoms with Crippen LogP contribution in [0.1, 0.15) is 5.69 Å². The first-order valence-corrected chi connectivity index (χ1v) is 7.27. The lowest BCUT2D eigenvalue weighted by Crippen LogP contribution is -2.07. The van der Waals surface area contributed by atoms with Gasteiger partial charge in [0.2, 0.25) is 0 Å². The molecule has 0 saturated carbocycles. The van der Waals surface area contributed by atoms with E-state index in [1.807, 2.05) is 30.5 Å². The molecule has 0 fully saturated rings. The van der Waals surface area contributed by atoms with E-state index >= 15 is 0 Å². The molecule has 5 heteroatoms. The summed E-state index contributed by atoms with van der Waals surface area (Å²) in [5.41, 5.74) is 0.573. The summed E-state index contributed by atoms with van der Waals surface area (Å²) < 4.78 is 36.8. The van der Waals surface area contributed by atoms with E-state index in [-0.39, 0.29) is 0 Å².